The van der Waals surface area contributed by atoms with Crippen LogP contribution in [0.25, 0.3) is 0 Å². The minimum atomic E-state index is 0.347. The van der Waals surface area contributed by atoms with Crippen LogP contribution in [0.4, 0.5) is 0 Å². The molecule has 0 amide bonds. The molecule has 1 aliphatic heterocycles. The molecular weight excluding hydrogens is 182 g/mol. The van der Waals surface area contributed by atoms with Gasteiger partial charge in [0.05, 0.1) is 17.2 Å². The van der Waals surface area contributed by atoms with E-state index < -0.39 is 0 Å². The highest BCUT2D eigenvalue weighted by Gasteiger charge is 2.25. The van der Waals surface area contributed by atoms with Crippen LogP contribution in [0.1, 0.15) is 24.6 Å². The Morgan fingerprint density at radius 2 is 2.46 bits per heavy atom. The Kier molecular flexibility index (Phi) is 2.62. The van der Waals surface area contributed by atoms with Gasteiger partial charge < -0.3 is 5.73 Å². The van der Waals surface area contributed by atoms with Crippen LogP contribution in [0, 0.1) is 0 Å². The zero-order chi connectivity index (χ0) is 9.26. The molecule has 0 aromatic carbocycles. The van der Waals surface area contributed by atoms with E-state index in [9.17, 15) is 0 Å². The summed E-state index contributed by atoms with van der Waals surface area (Å²) in [6.07, 6.45) is 2.26. The lowest BCUT2D eigenvalue weighted by Crippen LogP contribution is -2.42. The molecule has 0 bridgehead atoms. The van der Waals surface area contributed by atoms with Gasteiger partial charge in [0.2, 0.25) is 0 Å². The summed E-state index contributed by atoms with van der Waals surface area (Å²) in [6.45, 7) is 0.988. The highest BCUT2D eigenvalue weighted by atomic mass is 32.1. The summed E-state index contributed by atoms with van der Waals surface area (Å²) in [7, 11) is 2.13. The first-order chi connectivity index (χ1) is 6.27. The second-order valence-electron chi connectivity index (χ2n) is 3.71. The highest BCUT2D eigenvalue weighted by molar-refractivity contribution is 7.07. The molecule has 13 heavy (non-hydrogen) atoms. The zero-order valence-electron chi connectivity index (χ0n) is 7.81. The molecule has 2 rings (SSSR count). The van der Waals surface area contributed by atoms with E-state index in [4.69, 9.17) is 5.73 Å². The van der Waals surface area contributed by atoms with Crippen LogP contribution in [0.3, 0.4) is 0 Å². The Balaban J connectivity index is 2.08. The molecule has 4 heteroatoms. The predicted molar refractivity (Wildman–Crippen MR) is 54.7 cm³/mol. The van der Waals surface area contributed by atoms with Gasteiger partial charge in [0.1, 0.15) is 0 Å². The Bertz CT molecular complexity index is 260. The van der Waals surface area contributed by atoms with Crippen LogP contribution in [-0.4, -0.2) is 29.5 Å². The van der Waals surface area contributed by atoms with Crippen molar-refractivity contribution in [3.8, 4) is 0 Å². The third-order valence-corrected chi connectivity index (χ3v) is 3.26. The summed E-state index contributed by atoms with van der Waals surface area (Å²) >= 11 is 1.67. The van der Waals surface area contributed by atoms with Crippen molar-refractivity contribution in [1.82, 2.24) is 9.88 Å². The van der Waals surface area contributed by atoms with Crippen molar-refractivity contribution < 1.29 is 0 Å². The molecule has 1 aliphatic rings. The van der Waals surface area contributed by atoms with Crippen molar-refractivity contribution in [2.24, 2.45) is 5.73 Å². The van der Waals surface area contributed by atoms with Crippen molar-refractivity contribution in [3.63, 3.8) is 0 Å². The average molecular weight is 197 g/mol. The fourth-order valence-corrected chi connectivity index (χ4v) is 2.54. The highest BCUT2D eigenvalue weighted by Crippen LogP contribution is 2.28. The Hall–Kier alpha value is -0.450. The van der Waals surface area contributed by atoms with Crippen LogP contribution >= 0.6 is 11.3 Å². The molecule has 1 aromatic rings. The number of nitrogens with two attached hydrogens (primary N) is 1. The van der Waals surface area contributed by atoms with Crippen molar-refractivity contribution in [2.75, 3.05) is 13.6 Å². The van der Waals surface area contributed by atoms with E-state index in [0.29, 0.717) is 12.1 Å². The van der Waals surface area contributed by atoms with E-state index in [-0.39, 0.29) is 0 Å². The summed E-state index contributed by atoms with van der Waals surface area (Å²) < 4.78 is 0. The first kappa shape index (κ1) is 9.12. The molecule has 1 saturated heterocycles. The van der Waals surface area contributed by atoms with Crippen LogP contribution in [0.2, 0.25) is 0 Å². The maximum absolute atomic E-state index is 5.88. The molecular formula is C9H15N3S. The van der Waals surface area contributed by atoms with Gasteiger partial charge in [0, 0.05) is 18.0 Å². The minimum absolute atomic E-state index is 0.347. The first-order valence-electron chi connectivity index (χ1n) is 4.61. The molecule has 0 saturated carbocycles. The molecule has 2 N–H and O–H groups in total. The summed E-state index contributed by atoms with van der Waals surface area (Å²) in [5, 5.41) is 2.14. The number of rotatable bonds is 1. The molecule has 2 atom stereocenters. The molecule has 1 fully saturated rings. The average Bonchev–Trinajstić information content (AvgIpc) is 2.56. The van der Waals surface area contributed by atoms with E-state index in [1.807, 2.05) is 5.51 Å². The largest absolute Gasteiger partial charge is 0.327 e. The number of likely N-dealkylation sites (tertiary alicyclic amines) is 1. The molecule has 2 unspecified atom stereocenters. The monoisotopic (exact) mass is 197 g/mol. The third-order valence-electron chi connectivity index (χ3n) is 2.66. The number of hydrogen-bond donors (Lipinski definition) is 1. The molecule has 0 spiro atoms. The topological polar surface area (TPSA) is 42.1 Å². The quantitative estimate of drug-likeness (QED) is 0.736. The number of likely N-dealkylation sites (N-methyl/N-ethyl adjacent to an activating group) is 1. The third kappa shape index (κ3) is 1.90. The second-order valence-corrected chi connectivity index (χ2v) is 4.42. The normalized spacial score (nSPS) is 30.6. The Labute approximate surface area is 82.6 Å². The maximum Gasteiger partial charge on any atom is 0.0795 e. The molecule has 72 valence electrons. The number of hydrogen-bond acceptors (Lipinski definition) is 4. The second kappa shape index (κ2) is 3.74. The van der Waals surface area contributed by atoms with E-state index >= 15 is 0 Å². The number of nitrogens with zero attached hydrogens (tertiary/aromatic N) is 2. The van der Waals surface area contributed by atoms with Gasteiger partial charge in [-0.2, -0.15) is 0 Å². The number of aromatic nitrogens is 1. The molecule has 1 aromatic heterocycles. The van der Waals surface area contributed by atoms with Gasteiger partial charge in [-0.15, -0.1) is 11.3 Å². The van der Waals surface area contributed by atoms with Gasteiger partial charge in [-0.1, -0.05) is 0 Å². The smallest absolute Gasteiger partial charge is 0.0795 e. The number of piperidine rings is 1. The van der Waals surface area contributed by atoms with E-state index in [2.05, 4.69) is 22.3 Å². The van der Waals surface area contributed by atoms with Crippen molar-refractivity contribution in [1.29, 1.82) is 0 Å². The Morgan fingerprint density at radius 1 is 1.62 bits per heavy atom. The van der Waals surface area contributed by atoms with Crippen LogP contribution in [0.5, 0.6) is 0 Å². The van der Waals surface area contributed by atoms with E-state index in [1.54, 1.807) is 11.3 Å². The van der Waals surface area contributed by atoms with Gasteiger partial charge in [0.15, 0.2) is 0 Å². The summed E-state index contributed by atoms with van der Waals surface area (Å²) in [4.78, 5) is 6.66. The van der Waals surface area contributed by atoms with Crippen molar-refractivity contribution >= 4 is 11.3 Å². The Morgan fingerprint density at radius 3 is 3.08 bits per heavy atom. The van der Waals surface area contributed by atoms with Crippen molar-refractivity contribution in [3.05, 3.63) is 16.6 Å². The lowest BCUT2D eigenvalue weighted by Gasteiger charge is -2.34. The summed E-state index contributed by atoms with van der Waals surface area (Å²) in [5.41, 5.74) is 8.99. The van der Waals surface area contributed by atoms with Gasteiger partial charge in [-0.05, 0) is 19.9 Å². The van der Waals surface area contributed by atoms with Crippen LogP contribution in [0.15, 0.2) is 10.9 Å². The molecule has 2 heterocycles. The zero-order valence-corrected chi connectivity index (χ0v) is 8.63. The van der Waals surface area contributed by atoms with Gasteiger partial charge in [-0.3, -0.25) is 4.90 Å². The minimum Gasteiger partial charge on any atom is -0.327 e. The van der Waals surface area contributed by atoms with Crippen LogP contribution in [-0.2, 0) is 0 Å². The first-order valence-corrected chi connectivity index (χ1v) is 5.55. The maximum atomic E-state index is 5.88. The van der Waals surface area contributed by atoms with Crippen molar-refractivity contribution in [2.45, 2.75) is 24.9 Å². The van der Waals surface area contributed by atoms with E-state index in [0.717, 1.165) is 19.4 Å². The van der Waals surface area contributed by atoms with Gasteiger partial charge in [-0.25, -0.2) is 4.98 Å². The van der Waals surface area contributed by atoms with E-state index in [1.165, 1.54) is 5.69 Å². The van der Waals surface area contributed by atoms with Crippen LogP contribution < -0.4 is 5.73 Å². The summed E-state index contributed by atoms with van der Waals surface area (Å²) in [5.74, 6) is 0. The fourth-order valence-electron chi connectivity index (χ4n) is 1.94. The lowest BCUT2D eigenvalue weighted by atomic mass is 9.98. The molecule has 3 nitrogen and oxygen atoms in total. The molecule has 0 radical (unpaired) electrons. The lowest BCUT2D eigenvalue weighted by molar-refractivity contribution is 0.167. The molecule has 0 aliphatic carbocycles. The predicted octanol–water partition coefficient (Wildman–Crippen LogP) is 1.24. The van der Waals surface area contributed by atoms with Gasteiger partial charge >= 0.3 is 0 Å². The number of thiazole rings is 1. The summed E-state index contributed by atoms with van der Waals surface area (Å²) in [6, 6.07) is 0.839. The standard InChI is InChI=1S/C9H15N3S/c1-12-4-7(10)2-3-9(12)8-5-13-6-11-8/h5-7,9H,2-4,10H2,1H3. The fraction of sp³-hybridized carbons (Fsp3) is 0.667. The van der Waals surface area contributed by atoms with Gasteiger partial charge in [0.25, 0.3) is 0 Å². The SMILES string of the molecule is CN1CC(N)CCC1c1cscn1.